The molecule has 0 aliphatic heterocycles. The number of oxazole rings is 1. The van der Waals surface area contributed by atoms with E-state index in [0.29, 0.717) is 18.9 Å². The van der Waals surface area contributed by atoms with Crippen LogP contribution in [0.4, 0.5) is 0 Å². The fourth-order valence-electron chi connectivity index (χ4n) is 2.30. The molecule has 17 heavy (non-hydrogen) atoms. The third kappa shape index (κ3) is 3.30. The van der Waals surface area contributed by atoms with Crippen molar-refractivity contribution in [2.45, 2.75) is 51.1 Å². The van der Waals surface area contributed by atoms with Gasteiger partial charge in [0.05, 0.1) is 12.7 Å². The molecule has 0 radical (unpaired) electrons. The predicted octanol–water partition coefficient (Wildman–Crippen LogP) is 1.26. The second-order valence-electron chi connectivity index (χ2n) is 4.89. The summed E-state index contributed by atoms with van der Waals surface area (Å²) in [5.74, 6) is 1.26. The number of aryl methyl sites for hydroxylation is 1. The van der Waals surface area contributed by atoms with Crippen molar-refractivity contribution < 1.29 is 9.21 Å². The Morgan fingerprint density at radius 3 is 2.88 bits per heavy atom. The van der Waals surface area contributed by atoms with Gasteiger partial charge in [-0.15, -0.1) is 0 Å². The first-order valence-electron chi connectivity index (χ1n) is 6.04. The van der Waals surface area contributed by atoms with Crippen LogP contribution < -0.4 is 11.1 Å². The van der Waals surface area contributed by atoms with Gasteiger partial charge in [-0.05, 0) is 19.8 Å². The van der Waals surface area contributed by atoms with Crippen LogP contribution in [0.1, 0.15) is 43.8 Å². The summed E-state index contributed by atoms with van der Waals surface area (Å²) in [6, 6.07) is 0. The van der Waals surface area contributed by atoms with Crippen LogP contribution in [0.5, 0.6) is 0 Å². The highest BCUT2D eigenvalue weighted by atomic mass is 16.4. The van der Waals surface area contributed by atoms with E-state index in [1.165, 1.54) is 0 Å². The van der Waals surface area contributed by atoms with Gasteiger partial charge in [0.15, 0.2) is 0 Å². The molecule has 1 aliphatic rings. The molecule has 0 atom stereocenters. The van der Waals surface area contributed by atoms with Crippen molar-refractivity contribution in [3.8, 4) is 0 Å². The van der Waals surface area contributed by atoms with Gasteiger partial charge in [0.2, 0.25) is 11.8 Å². The zero-order chi connectivity index (χ0) is 12.3. The van der Waals surface area contributed by atoms with Gasteiger partial charge in [0.1, 0.15) is 5.76 Å². The van der Waals surface area contributed by atoms with Crippen LogP contribution in [0.15, 0.2) is 10.6 Å². The Morgan fingerprint density at radius 1 is 1.59 bits per heavy atom. The lowest BCUT2D eigenvalue weighted by atomic mass is 9.94. The van der Waals surface area contributed by atoms with E-state index in [4.69, 9.17) is 10.2 Å². The van der Waals surface area contributed by atoms with Crippen LogP contribution in [0.25, 0.3) is 0 Å². The first kappa shape index (κ1) is 12.1. The lowest BCUT2D eigenvalue weighted by molar-refractivity contribution is -0.122. The summed E-state index contributed by atoms with van der Waals surface area (Å²) in [5, 5.41) is 2.79. The average molecular weight is 237 g/mol. The van der Waals surface area contributed by atoms with Gasteiger partial charge >= 0.3 is 0 Å². The van der Waals surface area contributed by atoms with Crippen LogP contribution in [0.2, 0.25) is 0 Å². The number of hydrogen-bond donors (Lipinski definition) is 2. The van der Waals surface area contributed by atoms with Gasteiger partial charge in [0.25, 0.3) is 0 Å². The lowest BCUT2D eigenvalue weighted by Crippen LogP contribution is -2.42. The molecule has 0 saturated heterocycles. The van der Waals surface area contributed by atoms with E-state index >= 15 is 0 Å². The SMILES string of the molecule is Cc1cnc(CNC(=O)CC2(N)CCCC2)o1. The molecule has 1 amide bonds. The van der Waals surface area contributed by atoms with Crippen molar-refractivity contribution in [2.24, 2.45) is 5.73 Å². The van der Waals surface area contributed by atoms with E-state index < -0.39 is 0 Å². The van der Waals surface area contributed by atoms with Crippen LogP contribution in [-0.4, -0.2) is 16.4 Å². The molecular weight excluding hydrogens is 218 g/mol. The number of carbonyl (C=O) groups is 1. The normalized spacial score (nSPS) is 18.2. The number of nitrogens with zero attached hydrogens (tertiary/aromatic N) is 1. The molecule has 1 fully saturated rings. The Hall–Kier alpha value is -1.36. The summed E-state index contributed by atoms with van der Waals surface area (Å²) in [6.45, 7) is 2.16. The van der Waals surface area contributed by atoms with Crippen molar-refractivity contribution in [1.82, 2.24) is 10.3 Å². The molecule has 5 nitrogen and oxygen atoms in total. The maximum absolute atomic E-state index is 11.7. The van der Waals surface area contributed by atoms with Crippen molar-refractivity contribution in [1.29, 1.82) is 0 Å². The number of carbonyl (C=O) groups excluding carboxylic acids is 1. The number of rotatable bonds is 4. The minimum atomic E-state index is -0.295. The Kier molecular flexibility index (Phi) is 3.47. The largest absolute Gasteiger partial charge is 0.444 e. The van der Waals surface area contributed by atoms with Crippen molar-refractivity contribution in [3.05, 3.63) is 17.8 Å². The molecule has 1 heterocycles. The summed E-state index contributed by atoms with van der Waals surface area (Å²) in [5.41, 5.74) is 5.84. The van der Waals surface area contributed by atoms with Gasteiger partial charge in [-0.1, -0.05) is 12.8 Å². The number of nitrogens with one attached hydrogen (secondary N) is 1. The van der Waals surface area contributed by atoms with Gasteiger partial charge in [-0.3, -0.25) is 4.79 Å². The second-order valence-corrected chi connectivity index (χ2v) is 4.89. The standard InChI is InChI=1S/C12H19N3O2/c1-9-7-15-11(17-9)8-14-10(16)6-12(13)4-2-3-5-12/h7H,2-6,8,13H2,1H3,(H,14,16). The number of aromatic nitrogens is 1. The van der Waals surface area contributed by atoms with E-state index in [1.54, 1.807) is 6.20 Å². The van der Waals surface area contributed by atoms with E-state index in [9.17, 15) is 4.79 Å². The zero-order valence-corrected chi connectivity index (χ0v) is 10.2. The van der Waals surface area contributed by atoms with Gasteiger partial charge in [-0.25, -0.2) is 4.98 Å². The highest BCUT2D eigenvalue weighted by molar-refractivity contribution is 5.77. The topological polar surface area (TPSA) is 81.2 Å². The number of nitrogens with two attached hydrogens (primary N) is 1. The van der Waals surface area contributed by atoms with E-state index in [-0.39, 0.29) is 11.4 Å². The summed E-state index contributed by atoms with van der Waals surface area (Å²) in [7, 11) is 0. The quantitative estimate of drug-likeness (QED) is 0.826. The molecule has 1 aromatic heterocycles. The first-order valence-corrected chi connectivity index (χ1v) is 6.04. The molecule has 0 aromatic carbocycles. The van der Waals surface area contributed by atoms with Crippen LogP contribution >= 0.6 is 0 Å². The van der Waals surface area contributed by atoms with E-state index in [1.807, 2.05) is 6.92 Å². The fourth-order valence-corrected chi connectivity index (χ4v) is 2.30. The summed E-state index contributed by atoms with van der Waals surface area (Å²) in [4.78, 5) is 15.7. The second kappa shape index (κ2) is 4.87. The van der Waals surface area contributed by atoms with Gasteiger partial charge in [0, 0.05) is 12.0 Å². The minimum absolute atomic E-state index is 0.0229. The smallest absolute Gasteiger partial charge is 0.222 e. The Labute approximate surface area is 101 Å². The molecule has 0 spiro atoms. The minimum Gasteiger partial charge on any atom is -0.444 e. The van der Waals surface area contributed by atoms with E-state index in [2.05, 4.69) is 10.3 Å². The molecular formula is C12H19N3O2. The van der Waals surface area contributed by atoms with Crippen molar-refractivity contribution >= 4 is 5.91 Å². The molecule has 94 valence electrons. The third-order valence-corrected chi connectivity index (χ3v) is 3.22. The average Bonchev–Trinajstić information content (AvgIpc) is 2.85. The predicted molar refractivity (Wildman–Crippen MR) is 63.1 cm³/mol. The van der Waals surface area contributed by atoms with Crippen molar-refractivity contribution in [3.63, 3.8) is 0 Å². The van der Waals surface area contributed by atoms with E-state index in [0.717, 1.165) is 31.4 Å². The Bertz CT molecular complexity index is 394. The summed E-state index contributed by atoms with van der Waals surface area (Å²) in [6.07, 6.45) is 6.18. The molecule has 5 heteroatoms. The number of hydrogen-bond acceptors (Lipinski definition) is 4. The van der Waals surface area contributed by atoms with Crippen molar-refractivity contribution in [2.75, 3.05) is 0 Å². The molecule has 2 rings (SSSR count). The number of amides is 1. The molecule has 1 saturated carbocycles. The first-order chi connectivity index (χ1) is 8.07. The maximum atomic E-state index is 11.7. The zero-order valence-electron chi connectivity index (χ0n) is 10.2. The van der Waals surface area contributed by atoms with Crippen LogP contribution in [0, 0.1) is 6.92 Å². The molecule has 1 aromatic rings. The van der Waals surface area contributed by atoms with Gasteiger partial charge < -0.3 is 15.5 Å². The monoisotopic (exact) mass is 237 g/mol. The Balaban J connectivity index is 1.77. The van der Waals surface area contributed by atoms with Crippen LogP contribution in [-0.2, 0) is 11.3 Å². The summed E-state index contributed by atoms with van der Waals surface area (Å²) < 4.78 is 5.27. The molecule has 3 N–H and O–H groups in total. The lowest BCUT2D eigenvalue weighted by Gasteiger charge is -2.22. The highest BCUT2D eigenvalue weighted by Crippen LogP contribution is 2.29. The van der Waals surface area contributed by atoms with Crippen LogP contribution in [0.3, 0.4) is 0 Å². The highest BCUT2D eigenvalue weighted by Gasteiger charge is 2.31. The summed E-state index contributed by atoms with van der Waals surface area (Å²) >= 11 is 0. The fraction of sp³-hybridized carbons (Fsp3) is 0.667. The molecule has 0 unspecified atom stereocenters. The maximum Gasteiger partial charge on any atom is 0.222 e. The van der Waals surface area contributed by atoms with Gasteiger partial charge in [-0.2, -0.15) is 0 Å². The molecule has 0 bridgehead atoms. The third-order valence-electron chi connectivity index (χ3n) is 3.22. The molecule has 1 aliphatic carbocycles. The Morgan fingerprint density at radius 2 is 2.29 bits per heavy atom.